The summed E-state index contributed by atoms with van der Waals surface area (Å²) in [5.74, 6) is 0.333. The Morgan fingerprint density at radius 1 is 1.25 bits per heavy atom. The summed E-state index contributed by atoms with van der Waals surface area (Å²) in [6.45, 7) is 2.15. The second-order valence-electron chi connectivity index (χ2n) is 4.55. The van der Waals surface area contributed by atoms with E-state index in [1.807, 2.05) is 44.4 Å². The molecular formula is C14H21NO. The molecule has 2 heteroatoms. The van der Waals surface area contributed by atoms with Crippen LogP contribution in [-0.2, 0) is 11.2 Å². The van der Waals surface area contributed by atoms with E-state index in [1.165, 1.54) is 0 Å². The average Bonchev–Trinajstić information content (AvgIpc) is 2.27. The second-order valence-corrected chi connectivity index (χ2v) is 4.55. The van der Waals surface area contributed by atoms with Gasteiger partial charge < -0.3 is 4.90 Å². The van der Waals surface area contributed by atoms with Crippen LogP contribution in [0, 0.1) is 0 Å². The summed E-state index contributed by atoms with van der Waals surface area (Å²) >= 11 is 0. The van der Waals surface area contributed by atoms with Crippen LogP contribution in [0.3, 0.4) is 0 Å². The molecule has 88 valence electrons. The van der Waals surface area contributed by atoms with Crippen LogP contribution >= 0.6 is 0 Å². The van der Waals surface area contributed by atoms with Crippen molar-refractivity contribution in [1.29, 1.82) is 0 Å². The highest BCUT2D eigenvalue weighted by Gasteiger charge is 2.08. The van der Waals surface area contributed by atoms with Crippen LogP contribution in [0.2, 0.25) is 0 Å². The zero-order valence-corrected chi connectivity index (χ0v) is 10.4. The lowest BCUT2D eigenvalue weighted by atomic mass is 10.0. The Balaban J connectivity index is 2.32. The van der Waals surface area contributed by atoms with Gasteiger partial charge in [0.2, 0.25) is 0 Å². The van der Waals surface area contributed by atoms with E-state index in [0.29, 0.717) is 24.7 Å². The zero-order valence-electron chi connectivity index (χ0n) is 10.4. The standard InChI is InChI=1S/C14H21NO/c1-12(15(2)3)9-10-14(16)11-13-7-5-4-6-8-13/h4-8,12H,9-11H2,1-3H3. The summed E-state index contributed by atoms with van der Waals surface area (Å²) in [5.41, 5.74) is 1.12. The number of rotatable bonds is 6. The highest BCUT2D eigenvalue weighted by atomic mass is 16.1. The first-order valence-electron chi connectivity index (χ1n) is 5.81. The van der Waals surface area contributed by atoms with Gasteiger partial charge in [-0.1, -0.05) is 30.3 Å². The SMILES string of the molecule is CC(CCC(=O)Cc1ccccc1)N(C)C. The fourth-order valence-electron chi connectivity index (χ4n) is 1.54. The van der Waals surface area contributed by atoms with Crippen molar-refractivity contribution in [2.45, 2.75) is 32.2 Å². The van der Waals surface area contributed by atoms with Gasteiger partial charge in [0.05, 0.1) is 0 Å². The summed E-state index contributed by atoms with van der Waals surface area (Å²) in [6, 6.07) is 10.4. The van der Waals surface area contributed by atoms with Crippen molar-refractivity contribution in [3.63, 3.8) is 0 Å². The number of ketones is 1. The lowest BCUT2D eigenvalue weighted by molar-refractivity contribution is -0.118. The molecule has 0 spiro atoms. The molecule has 0 heterocycles. The molecule has 1 atom stereocenters. The fourth-order valence-corrected chi connectivity index (χ4v) is 1.54. The van der Waals surface area contributed by atoms with Gasteiger partial charge in [-0.3, -0.25) is 4.79 Å². The molecule has 0 saturated heterocycles. The van der Waals surface area contributed by atoms with Crippen LogP contribution in [0.25, 0.3) is 0 Å². The monoisotopic (exact) mass is 219 g/mol. The van der Waals surface area contributed by atoms with Crippen LogP contribution in [0.1, 0.15) is 25.3 Å². The normalized spacial score (nSPS) is 12.8. The van der Waals surface area contributed by atoms with E-state index in [2.05, 4.69) is 11.8 Å². The molecule has 0 radical (unpaired) electrons. The van der Waals surface area contributed by atoms with Crippen LogP contribution in [0.15, 0.2) is 30.3 Å². The van der Waals surface area contributed by atoms with E-state index in [-0.39, 0.29) is 0 Å². The third-order valence-electron chi connectivity index (χ3n) is 2.97. The Morgan fingerprint density at radius 3 is 2.44 bits per heavy atom. The fraction of sp³-hybridized carbons (Fsp3) is 0.500. The number of benzene rings is 1. The number of carbonyl (C=O) groups excluding carboxylic acids is 1. The van der Waals surface area contributed by atoms with Gasteiger partial charge in [0.15, 0.2) is 0 Å². The van der Waals surface area contributed by atoms with E-state index in [0.717, 1.165) is 12.0 Å². The van der Waals surface area contributed by atoms with Crippen LogP contribution in [-0.4, -0.2) is 30.8 Å². The molecule has 0 aromatic heterocycles. The van der Waals surface area contributed by atoms with Gasteiger partial charge in [0, 0.05) is 18.9 Å². The molecule has 1 aromatic rings. The van der Waals surface area contributed by atoms with E-state index in [9.17, 15) is 4.79 Å². The quantitative estimate of drug-likeness (QED) is 0.732. The first kappa shape index (κ1) is 12.9. The summed E-state index contributed by atoms with van der Waals surface area (Å²) in [6.07, 6.45) is 2.19. The topological polar surface area (TPSA) is 20.3 Å². The van der Waals surface area contributed by atoms with Gasteiger partial charge in [-0.05, 0) is 33.0 Å². The van der Waals surface area contributed by atoms with Gasteiger partial charge in [0.1, 0.15) is 5.78 Å². The van der Waals surface area contributed by atoms with Crippen molar-refractivity contribution in [2.75, 3.05) is 14.1 Å². The number of hydrogen-bond acceptors (Lipinski definition) is 2. The number of nitrogens with zero attached hydrogens (tertiary/aromatic N) is 1. The highest BCUT2D eigenvalue weighted by Crippen LogP contribution is 2.07. The Hall–Kier alpha value is -1.15. The molecule has 0 amide bonds. The Labute approximate surface area is 98.3 Å². The molecule has 0 aliphatic rings. The summed E-state index contributed by atoms with van der Waals surface area (Å²) < 4.78 is 0. The maximum Gasteiger partial charge on any atom is 0.137 e. The Kier molecular flexibility index (Phi) is 5.20. The maximum absolute atomic E-state index is 11.7. The van der Waals surface area contributed by atoms with Crippen molar-refractivity contribution in [1.82, 2.24) is 4.90 Å². The molecule has 0 N–H and O–H groups in total. The minimum atomic E-state index is 0.333. The number of Topliss-reactive ketones (excluding diaryl/α,β-unsaturated/α-hetero) is 1. The third kappa shape index (κ3) is 4.58. The van der Waals surface area contributed by atoms with Crippen molar-refractivity contribution >= 4 is 5.78 Å². The lowest BCUT2D eigenvalue weighted by Gasteiger charge is -2.18. The molecule has 0 bridgehead atoms. The van der Waals surface area contributed by atoms with E-state index in [4.69, 9.17) is 0 Å². The van der Waals surface area contributed by atoms with Crippen LogP contribution in [0.5, 0.6) is 0 Å². The van der Waals surface area contributed by atoms with E-state index in [1.54, 1.807) is 0 Å². The summed E-state index contributed by atoms with van der Waals surface area (Å²) in [4.78, 5) is 13.9. The zero-order chi connectivity index (χ0) is 12.0. The van der Waals surface area contributed by atoms with Crippen LogP contribution < -0.4 is 0 Å². The molecule has 2 nitrogen and oxygen atoms in total. The van der Waals surface area contributed by atoms with Gasteiger partial charge in [-0.15, -0.1) is 0 Å². The van der Waals surface area contributed by atoms with Gasteiger partial charge in [0.25, 0.3) is 0 Å². The minimum Gasteiger partial charge on any atom is -0.307 e. The smallest absolute Gasteiger partial charge is 0.137 e. The largest absolute Gasteiger partial charge is 0.307 e. The Bertz CT molecular complexity index is 319. The lowest BCUT2D eigenvalue weighted by Crippen LogP contribution is -2.25. The molecule has 1 unspecified atom stereocenters. The Morgan fingerprint density at radius 2 is 1.88 bits per heavy atom. The van der Waals surface area contributed by atoms with Crippen molar-refractivity contribution in [3.05, 3.63) is 35.9 Å². The van der Waals surface area contributed by atoms with Crippen LogP contribution in [0.4, 0.5) is 0 Å². The van der Waals surface area contributed by atoms with Crippen molar-refractivity contribution in [2.24, 2.45) is 0 Å². The van der Waals surface area contributed by atoms with Gasteiger partial charge in [-0.2, -0.15) is 0 Å². The molecular weight excluding hydrogens is 198 g/mol. The molecule has 1 aromatic carbocycles. The molecule has 0 aliphatic heterocycles. The average molecular weight is 219 g/mol. The summed E-state index contributed by atoms with van der Waals surface area (Å²) in [7, 11) is 4.10. The molecule has 0 fully saturated rings. The summed E-state index contributed by atoms with van der Waals surface area (Å²) in [5, 5.41) is 0. The van der Waals surface area contributed by atoms with E-state index < -0.39 is 0 Å². The predicted octanol–water partition coefficient (Wildman–Crippen LogP) is 2.53. The van der Waals surface area contributed by atoms with Gasteiger partial charge >= 0.3 is 0 Å². The third-order valence-corrected chi connectivity index (χ3v) is 2.97. The number of hydrogen-bond donors (Lipinski definition) is 0. The predicted molar refractivity (Wildman–Crippen MR) is 67.5 cm³/mol. The second kappa shape index (κ2) is 6.44. The van der Waals surface area contributed by atoms with Gasteiger partial charge in [-0.25, -0.2) is 0 Å². The number of carbonyl (C=O) groups is 1. The van der Waals surface area contributed by atoms with E-state index >= 15 is 0 Å². The van der Waals surface area contributed by atoms with Crippen molar-refractivity contribution < 1.29 is 4.79 Å². The first-order chi connectivity index (χ1) is 7.59. The molecule has 0 aliphatic carbocycles. The van der Waals surface area contributed by atoms with Crippen molar-refractivity contribution in [3.8, 4) is 0 Å². The minimum absolute atomic E-state index is 0.333. The first-order valence-corrected chi connectivity index (χ1v) is 5.81. The maximum atomic E-state index is 11.7. The molecule has 1 rings (SSSR count). The highest BCUT2D eigenvalue weighted by molar-refractivity contribution is 5.80. The molecule has 0 saturated carbocycles. The molecule has 16 heavy (non-hydrogen) atoms.